The van der Waals surface area contributed by atoms with Crippen LogP contribution in [0.15, 0.2) is 35.3 Å². The molecule has 230 valence electrons. The van der Waals surface area contributed by atoms with Crippen LogP contribution in [0.25, 0.3) is 5.57 Å². The first kappa shape index (κ1) is 31.5. The van der Waals surface area contributed by atoms with Crippen molar-refractivity contribution in [2.24, 2.45) is 0 Å². The summed E-state index contributed by atoms with van der Waals surface area (Å²) >= 11 is 0. The third-order valence-electron chi connectivity index (χ3n) is 7.86. The molecule has 14 heteroatoms. The number of halogens is 7. The summed E-state index contributed by atoms with van der Waals surface area (Å²) in [5.41, 5.74) is -2.30. The predicted molar refractivity (Wildman–Crippen MR) is 145 cm³/mol. The van der Waals surface area contributed by atoms with Gasteiger partial charge in [-0.25, -0.2) is 4.39 Å². The largest absolute Gasteiger partial charge is 0.417 e. The SMILES string of the molecule is C[C@@H]1CN(c2cc(F)c(C3=CCN(CCC(F)(F)F)CC3)cc2NC(=O)c2c[nH]c(=O)cc2C(F)(F)F)C[C@H](C)N1C. The number of anilines is 2. The summed E-state index contributed by atoms with van der Waals surface area (Å²) in [4.78, 5) is 32.5. The summed E-state index contributed by atoms with van der Waals surface area (Å²) in [7, 11) is 1.95. The van der Waals surface area contributed by atoms with Gasteiger partial charge < -0.3 is 15.2 Å². The number of benzene rings is 1. The Hall–Kier alpha value is -3.39. The van der Waals surface area contributed by atoms with Crippen LogP contribution in [0.5, 0.6) is 0 Å². The zero-order valence-corrected chi connectivity index (χ0v) is 23.3. The molecule has 0 bridgehead atoms. The van der Waals surface area contributed by atoms with Gasteiger partial charge in [-0.2, -0.15) is 26.3 Å². The second-order valence-corrected chi connectivity index (χ2v) is 10.8. The van der Waals surface area contributed by atoms with Crippen molar-refractivity contribution in [2.45, 2.75) is 51.1 Å². The zero-order valence-electron chi connectivity index (χ0n) is 23.3. The van der Waals surface area contributed by atoms with Crippen molar-refractivity contribution in [1.82, 2.24) is 14.8 Å². The first-order chi connectivity index (χ1) is 19.5. The first-order valence-electron chi connectivity index (χ1n) is 13.4. The molecule has 1 amide bonds. The van der Waals surface area contributed by atoms with Crippen molar-refractivity contribution in [3.05, 3.63) is 63.3 Å². The zero-order chi connectivity index (χ0) is 31.0. The maximum atomic E-state index is 15.6. The number of hydrogen-bond donors (Lipinski definition) is 2. The molecule has 1 fully saturated rings. The minimum absolute atomic E-state index is 0.0415. The minimum Gasteiger partial charge on any atom is -0.367 e. The van der Waals surface area contributed by atoms with E-state index >= 15 is 4.39 Å². The Bertz CT molecular complexity index is 1390. The molecular weight excluding hydrogens is 571 g/mol. The fraction of sp³-hybridized carbons (Fsp3) is 0.500. The molecule has 1 aromatic carbocycles. The first-order valence-corrected chi connectivity index (χ1v) is 13.4. The van der Waals surface area contributed by atoms with E-state index in [2.05, 4.69) is 15.2 Å². The normalized spacial score (nSPS) is 20.9. The molecule has 4 rings (SSSR count). The van der Waals surface area contributed by atoms with Crippen molar-refractivity contribution in [2.75, 3.05) is 50.0 Å². The molecule has 42 heavy (non-hydrogen) atoms. The van der Waals surface area contributed by atoms with Crippen LogP contribution in [-0.4, -0.2) is 78.7 Å². The number of alkyl halides is 6. The lowest BCUT2D eigenvalue weighted by Crippen LogP contribution is -2.55. The van der Waals surface area contributed by atoms with Gasteiger partial charge in [0.05, 0.1) is 28.9 Å². The third kappa shape index (κ3) is 7.33. The molecule has 2 aliphatic rings. The number of H-pyrrole nitrogens is 1. The summed E-state index contributed by atoms with van der Waals surface area (Å²) in [6.07, 6.45) is -7.71. The highest BCUT2D eigenvalue weighted by molar-refractivity contribution is 6.07. The number of rotatable bonds is 6. The van der Waals surface area contributed by atoms with Crippen molar-refractivity contribution in [3.8, 4) is 0 Å². The fourth-order valence-electron chi connectivity index (χ4n) is 5.30. The standard InChI is InChI=1S/C28H32F7N5O2/c1-16-14-40(15-17(2)38(16)3)24-12-22(29)19(18-4-7-39(8-5-18)9-6-27(30,31)32)10-23(24)37-26(42)20-13-36-25(41)11-21(20)28(33,34)35/h4,10-13,16-17H,5-9,14-15H2,1-3H3,(H,36,41)(H,37,42)/t16-,17+. The Morgan fingerprint density at radius 1 is 1.07 bits per heavy atom. The highest BCUT2D eigenvalue weighted by atomic mass is 19.4. The fourth-order valence-corrected chi connectivity index (χ4v) is 5.30. The van der Waals surface area contributed by atoms with Crippen LogP contribution in [0.3, 0.4) is 0 Å². The molecule has 0 spiro atoms. The van der Waals surface area contributed by atoms with Gasteiger partial charge >= 0.3 is 12.4 Å². The molecule has 0 unspecified atom stereocenters. The quantitative estimate of drug-likeness (QED) is 0.436. The van der Waals surface area contributed by atoms with Gasteiger partial charge in [0.25, 0.3) is 5.91 Å². The van der Waals surface area contributed by atoms with E-state index in [4.69, 9.17) is 0 Å². The number of hydrogen-bond acceptors (Lipinski definition) is 5. The summed E-state index contributed by atoms with van der Waals surface area (Å²) in [6.45, 7) is 5.06. The number of piperazine rings is 1. The highest BCUT2D eigenvalue weighted by Crippen LogP contribution is 2.37. The number of nitrogens with zero attached hydrogens (tertiary/aromatic N) is 3. The Labute approximate surface area is 238 Å². The second-order valence-electron chi connectivity index (χ2n) is 10.8. The molecular formula is C28H32F7N5O2. The van der Waals surface area contributed by atoms with Crippen LogP contribution < -0.4 is 15.8 Å². The Balaban J connectivity index is 1.71. The number of amides is 1. The summed E-state index contributed by atoms with van der Waals surface area (Å²) in [5.74, 6) is -1.78. The Morgan fingerprint density at radius 2 is 1.74 bits per heavy atom. The molecule has 3 heterocycles. The van der Waals surface area contributed by atoms with Gasteiger partial charge in [0.2, 0.25) is 5.56 Å². The van der Waals surface area contributed by atoms with Crippen molar-refractivity contribution < 1.29 is 35.5 Å². The number of likely N-dealkylation sites (N-methyl/N-ethyl adjacent to an activating group) is 1. The molecule has 0 saturated carbocycles. The minimum atomic E-state index is -4.98. The lowest BCUT2D eigenvalue weighted by molar-refractivity contribution is -0.138. The van der Waals surface area contributed by atoms with Crippen molar-refractivity contribution in [1.29, 1.82) is 0 Å². The Morgan fingerprint density at radius 3 is 2.31 bits per heavy atom. The molecule has 1 aromatic heterocycles. The van der Waals surface area contributed by atoms with Gasteiger partial charge in [0.15, 0.2) is 0 Å². The molecule has 0 aliphatic carbocycles. The lowest BCUT2D eigenvalue weighted by atomic mass is 9.96. The van der Waals surface area contributed by atoms with E-state index in [0.717, 1.165) is 0 Å². The number of aromatic nitrogens is 1. The van der Waals surface area contributed by atoms with Gasteiger partial charge in [-0.1, -0.05) is 6.08 Å². The maximum Gasteiger partial charge on any atom is 0.417 e. The van der Waals surface area contributed by atoms with Gasteiger partial charge in [0.1, 0.15) is 5.82 Å². The molecule has 1 saturated heterocycles. The average Bonchev–Trinajstić information content (AvgIpc) is 2.90. The second kappa shape index (κ2) is 12.1. The number of pyridine rings is 1. The maximum absolute atomic E-state index is 15.6. The molecule has 2 atom stereocenters. The number of carbonyl (C=O) groups excluding carboxylic acids is 1. The monoisotopic (exact) mass is 603 g/mol. The third-order valence-corrected chi connectivity index (χ3v) is 7.86. The van der Waals surface area contributed by atoms with Gasteiger partial charge in [0, 0.05) is 62.6 Å². The van der Waals surface area contributed by atoms with Crippen molar-refractivity contribution >= 4 is 22.9 Å². The molecule has 0 radical (unpaired) electrons. The van der Waals surface area contributed by atoms with Gasteiger partial charge in [-0.05, 0) is 45.0 Å². The lowest BCUT2D eigenvalue weighted by Gasteiger charge is -2.44. The van der Waals surface area contributed by atoms with E-state index in [1.54, 1.807) is 11.0 Å². The summed E-state index contributed by atoms with van der Waals surface area (Å²) in [5, 5.41) is 2.50. The van der Waals surface area contributed by atoms with E-state index in [-0.39, 0.29) is 55.1 Å². The van der Waals surface area contributed by atoms with E-state index in [1.165, 1.54) is 12.1 Å². The molecule has 2 aromatic rings. The average molecular weight is 604 g/mol. The summed E-state index contributed by atoms with van der Waals surface area (Å²) < 4.78 is 94.5. The summed E-state index contributed by atoms with van der Waals surface area (Å²) in [6, 6.07) is 2.96. The highest BCUT2D eigenvalue weighted by Gasteiger charge is 2.36. The van der Waals surface area contributed by atoms with Crippen molar-refractivity contribution in [3.63, 3.8) is 0 Å². The number of nitrogens with one attached hydrogen (secondary N) is 2. The van der Waals surface area contributed by atoms with Gasteiger partial charge in [-0.15, -0.1) is 0 Å². The van der Waals surface area contributed by atoms with Crippen LogP contribution in [0, 0.1) is 5.82 Å². The molecule has 2 aliphatic heterocycles. The molecule has 2 N–H and O–H groups in total. The van der Waals surface area contributed by atoms with E-state index in [1.807, 2.05) is 25.8 Å². The number of aromatic amines is 1. The number of carbonyl (C=O) groups is 1. The van der Waals surface area contributed by atoms with Crippen LogP contribution in [0.1, 0.15) is 48.2 Å². The van der Waals surface area contributed by atoms with Gasteiger partial charge in [-0.3, -0.25) is 19.4 Å². The van der Waals surface area contributed by atoms with E-state index < -0.39 is 47.2 Å². The van der Waals surface area contributed by atoms with Crippen LogP contribution in [0.2, 0.25) is 0 Å². The predicted octanol–water partition coefficient (Wildman–Crippen LogP) is 5.36. The molecule has 7 nitrogen and oxygen atoms in total. The Kier molecular flexibility index (Phi) is 9.07. The van der Waals surface area contributed by atoms with E-state index in [9.17, 15) is 35.9 Å². The van der Waals surface area contributed by atoms with Crippen LogP contribution >= 0.6 is 0 Å². The van der Waals surface area contributed by atoms with Crippen LogP contribution in [-0.2, 0) is 6.18 Å². The smallest absolute Gasteiger partial charge is 0.367 e. The van der Waals surface area contributed by atoms with Crippen LogP contribution in [0.4, 0.5) is 42.1 Å². The topological polar surface area (TPSA) is 71.7 Å². The van der Waals surface area contributed by atoms with E-state index in [0.29, 0.717) is 30.9 Å².